The van der Waals surface area contributed by atoms with Crippen molar-refractivity contribution in [3.8, 4) is 0 Å². The third kappa shape index (κ3) is 2.44. The standard InChI is InChI=1S/C16H21N/c1-12-3-2-4-14(7-12)10-17-11-16-9-13-5-6-15(16)8-13/h2-7,13,15-17H,8-11H2,1H3. The first-order valence-corrected chi connectivity index (χ1v) is 6.76. The molecule has 1 heteroatoms. The molecule has 1 aromatic rings. The molecule has 0 saturated heterocycles. The van der Waals surface area contributed by atoms with Crippen molar-refractivity contribution in [3.63, 3.8) is 0 Å². The summed E-state index contributed by atoms with van der Waals surface area (Å²) in [5, 5.41) is 3.62. The molecule has 1 fully saturated rings. The van der Waals surface area contributed by atoms with Crippen molar-refractivity contribution in [2.75, 3.05) is 6.54 Å². The van der Waals surface area contributed by atoms with Gasteiger partial charge in [0.15, 0.2) is 0 Å². The van der Waals surface area contributed by atoms with Gasteiger partial charge >= 0.3 is 0 Å². The highest BCUT2D eigenvalue weighted by Gasteiger charge is 2.34. The summed E-state index contributed by atoms with van der Waals surface area (Å²) in [5.74, 6) is 2.64. The lowest BCUT2D eigenvalue weighted by molar-refractivity contribution is 0.414. The van der Waals surface area contributed by atoms with Crippen LogP contribution in [0, 0.1) is 24.7 Å². The van der Waals surface area contributed by atoms with E-state index >= 15 is 0 Å². The van der Waals surface area contributed by atoms with Crippen LogP contribution in [0.15, 0.2) is 36.4 Å². The first-order chi connectivity index (χ1) is 8.31. The lowest BCUT2D eigenvalue weighted by atomic mass is 9.93. The molecule has 1 aromatic carbocycles. The SMILES string of the molecule is Cc1cccc(CNCC2CC3C=CC2C3)c1. The monoisotopic (exact) mass is 227 g/mol. The van der Waals surface area contributed by atoms with Crippen LogP contribution in [0.4, 0.5) is 0 Å². The van der Waals surface area contributed by atoms with E-state index in [0.717, 1.165) is 24.3 Å². The summed E-state index contributed by atoms with van der Waals surface area (Å²) < 4.78 is 0. The molecule has 1 saturated carbocycles. The van der Waals surface area contributed by atoms with E-state index in [4.69, 9.17) is 0 Å². The summed E-state index contributed by atoms with van der Waals surface area (Å²) in [6.45, 7) is 4.35. The fraction of sp³-hybridized carbons (Fsp3) is 0.500. The van der Waals surface area contributed by atoms with E-state index in [-0.39, 0.29) is 0 Å². The van der Waals surface area contributed by atoms with Gasteiger partial charge in [-0.25, -0.2) is 0 Å². The van der Waals surface area contributed by atoms with Gasteiger partial charge in [-0.05, 0) is 49.6 Å². The highest BCUT2D eigenvalue weighted by molar-refractivity contribution is 5.22. The fourth-order valence-electron chi connectivity index (χ4n) is 3.35. The highest BCUT2D eigenvalue weighted by atomic mass is 14.9. The Morgan fingerprint density at radius 1 is 1.24 bits per heavy atom. The molecule has 2 aliphatic rings. The smallest absolute Gasteiger partial charge is 0.0205 e. The van der Waals surface area contributed by atoms with Gasteiger partial charge in [0.25, 0.3) is 0 Å². The lowest BCUT2D eigenvalue weighted by Gasteiger charge is -2.18. The van der Waals surface area contributed by atoms with Crippen molar-refractivity contribution in [2.24, 2.45) is 17.8 Å². The molecule has 90 valence electrons. The number of nitrogens with one attached hydrogen (secondary N) is 1. The average molecular weight is 227 g/mol. The Morgan fingerprint density at radius 2 is 2.18 bits per heavy atom. The number of allylic oxidation sites excluding steroid dienone is 2. The van der Waals surface area contributed by atoms with E-state index < -0.39 is 0 Å². The van der Waals surface area contributed by atoms with Gasteiger partial charge in [0.1, 0.15) is 0 Å². The van der Waals surface area contributed by atoms with Crippen molar-refractivity contribution in [3.05, 3.63) is 47.5 Å². The summed E-state index contributed by atoms with van der Waals surface area (Å²) in [6.07, 6.45) is 7.67. The molecule has 2 aliphatic carbocycles. The van der Waals surface area contributed by atoms with Crippen LogP contribution < -0.4 is 5.32 Å². The van der Waals surface area contributed by atoms with Crippen LogP contribution in [0.2, 0.25) is 0 Å². The van der Waals surface area contributed by atoms with Gasteiger partial charge in [-0.15, -0.1) is 0 Å². The van der Waals surface area contributed by atoms with E-state index in [1.807, 2.05) is 0 Å². The summed E-state index contributed by atoms with van der Waals surface area (Å²) in [5.41, 5.74) is 2.76. The van der Waals surface area contributed by atoms with Crippen LogP contribution in [0.1, 0.15) is 24.0 Å². The topological polar surface area (TPSA) is 12.0 Å². The molecule has 0 aromatic heterocycles. The fourth-order valence-corrected chi connectivity index (χ4v) is 3.35. The zero-order valence-electron chi connectivity index (χ0n) is 10.5. The van der Waals surface area contributed by atoms with E-state index in [1.54, 1.807) is 0 Å². The summed E-state index contributed by atoms with van der Waals surface area (Å²) in [4.78, 5) is 0. The molecular formula is C16H21N. The number of hydrogen-bond donors (Lipinski definition) is 1. The van der Waals surface area contributed by atoms with Gasteiger partial charge in [0.05, 0.1) is 0 Å². The highest BCUT2D eigenvalue weighted by Crippen LogP contribution is 2.42. The number of fused-ring (bicyclic) bond motifs is 2. The molecule has 3 unspecified atom stereocenters. The molecule has 0 spiro atoms. The van der Waals surface area contributed by atoms with Crippen LogP contribution in [0.3, 0.4) is 0 Å². The van der Waals surface area contributed by atoms with Gasteiger partial charge in [0.2, 0.25) is 0 Å². The number of rotatable bonds is 4. The van der Waals surface area contributed by atoms with Crippen LogP contribution in [-0.2, 0) is 6.54 Å². The van der Waals surface area contributed by atoms with Gasteiger partial charge in [0, 0.05) is 6.54 Å². The van der Waals surface area contributed by atoms with Gasteiger partial charge < -0.3 is 5.32 Å². The van der Waals surface area contributed by atoms with Crippen molar-refractivity contribution in [1.29, 1.82) is 0 Å². The first kappa shape index (κ1) is 11.0. The lowest BCUT2D eigenvalue weighted by Crippen LogP contribution is -2.25. The maximum absolute atomic E-state index is 3.62. The Hall–Kier alpha value is -1.08. The second-order valence-corrected chi connectivity index (χ2v) is 5.66. The third-order valence-electron chi connectivity index (χ3n) is 4.23. The molecule has 0 aliphatic heterocycles. The largest absolute Gasteiger partial charge is 0.312 e. The normalized spacial score (nSPS) is 30.1. The minimum atomic E-state index is 0.866. The number of aryl methyl sites for hydroxylation is 1. The summed E-state index contributed by atoms with van der Waals surface area (Å²) in [7, 11) is 0. The Morgan fingerprint density at radius 3 is 2.88 bits per heavy atom. The van der Waals surface area contributed by atoms with Gasteiger partial charge in [-0.3, -0.25) is 0 Å². The number of hydrogen-bond acceptors (Lipinski definition) is 1. The molecule has 17 heavy (non-hydrogen) atoms. The maximum Gasteiger partial charge on any atom is 0.0205 e. The van der Waals surface area contributed by atoms with Crippen LogP contribution in [-0.4, -0.2) is 6.54 Å². The van der Waals surface area contributed by atoms with Crippen molar-refractivity contribution in [1.82, 2.24) is 5.32 Å². The quantitative estimate of drug-likeness (QED) is 0.778. The summed E-state index contributed by atoms with van der Waals surface area (Å²) in [6, 6.07) is 8.78. The molecule has 3 rings (SSSR count). The van der Waals surface area contributed by atoms with Crippen LogP contribution in [0.5, 0.6) is 0 Å². The first-order valence-electron chi connectivity index (χ1n) is 6.76. The van der Waals surface area contributed by atoms with E-state index in [9.17, 15) is 0 Å². The van der Waals surface area contributed by atoms with Crippen LogP contribution in [0.25, 0.3) is 0 Å². The average Bonchev–Trinajstić information content (AvgIpc) is 2.91. The molecule has 0 heterocycles. The third-order valence-corrected chi connectivity index (χ3v) is 4.23. The Bertz CT molecular complexity index is 421. The zero-order valence-corrected chi connectivity index (χ0v) is 10.5. The summed E-state index contributed by atoms with van der Waals surface area (Å²) >= 11 is 0. The zero-order chi connectivity index (χ0) is 11.7. The second kappa shape index (κ2) is 4.66. The minimum Gasteiger partial charge on any atom is -0.312 e. The molecule has 1 N–H and O–H groups in total. The Labute approximate surface area is 104 Å². The van der Waals surface area contributed by atoms with E-state index in [1.165, 1.54) is 30.5 Å². The molecule has 0 radical (unpaired) electrons. The second-order valence-electron chi connectivity index (χ2n) is 5.66. The van der Waals surface area contributed by atoms with Crippen LogP contribution >= 0.6 is 0 Å². The number of benzene rings is 1. The van der Waals surface area contributed by atoms with E-state index in [0.29, 0.717) is 0 Å². The van der Waals surface area contributed by atoms with Crippen molar-refractivity contribution in [2.45, 2.75) is 26.3 Å². The molecule has 2 bridgehead atoms. The van der Waals surface area contributed by atoms with Gasteiger partial charge in [-0.2, -0.15) is 0 Å². The molecule has 1 nitrogen and oxygen atoms in total. The Balaban J connectivity index is 1.48. The molecule has 3 atom stereocenters. The van der Waals surface area contributed by atoms with E-state index in [2.05, 4.69) is 48.7 Å². The molecule has 0 amide bonds. The molecular weight excluding hydrogens is 206 g/mol. The predicted octanol–water partition coefficient (Wildman–Crippen LogP) is 3.30. The Kier molecular flexibility index (Phi) is 3.02. The minimum absolute atomic E-state index is 0.866. The van der Waals surface area contributed by atoms with Crippen molar-refractivity contribution < 1.29 is 0 Å². The maximum atomic E-state index is 3.62. The van der Waals surface area contributed by atoms with Gasteiger partial charge in [-0.1, -0.05) is 42.0 Å². The van der Waals surface area contributed by atoms with Crippen molar-refractivity contribution >= 4 is 0 Å². The predicted molar refractivity (Wildman–Crippen MR) is 71.7 cm³/mol.